The van der Waals surface area contributed by atoms with Gasteiger partial charge in [0.2, 0.25) is 0 Å². The second kappa shape index (κ2) is 5.48. The van der Waals surface area contributed by atoms with E-state index in [1.807, 2.05) is 7.11 Å². The molecule has 0 aromatic heterocycles. The molecule has 2 rings (SSSR count). The van der Waals surface area contributed by atoms with Gasteiger partial charge in [0.05, 0.1) is 6.61 Å². The number of hydrogen-bond donors (Lipinski definition) is 2. The van der Waals surface area contributed by atoms with Crippen LogP contribution in [0.1, 0.15) is 32.6 Å². The predicted molar refractivity (Wildman–Crippen MR) is 66.6 cm³/mol. The molecular formula is C13H26N2O. The summed E-state index contributed by atoms with van der Waals surface area (Å²) in [6.07, 6.45) is 5.22. The van der Waals surface area contributed by atoms with Crippen LogP contribution in [0.25, 0.3) is 0 Å². The largest absolute Gasteiger partial charge is 0.384 e. The molecule has 0 amide bonds. The quantitative estimate of drug-likeness (QED) is 0.743. The van der Waals surface area contributed by atoms with Crippen molar-refractivity contribution >= 4 is 0 Å². The molecule has 2 N–H and O–H groups in total. The van der Waals surface area contributed by atoms with Crippen molar-refractivity contribution in [2.75, 3.05) is 33.4 Å². The standard InChI is InChI=1S/C13H26N2O/c1-11-7-12(8-11)15-9-13(10-16-2)3-5-14-6-4-13/h11-12,14-15H,3-10H2,1-2H3. The monoisotopic (exact) mass is 226 g/mol. The second-order valence-electron chi connectivity index (χ2n) is 5.84. The minimum absolute atomic E-state index is 0.388. The lowest BCUT2D eigenvalue weighted by Gasteiger charge is -2.41. The smallest absolute Gasteiger partial charge is 0.0531 e. The zero-order valence-corrected chi connectivity index (χ0v) is 10.7. The van der Waals surface area contributed by atoms with Gasteiger partial charge in [-0.1, -0.05) is 6.92 Å². The Labute approximate surface area is 99.3 Å². The van der Waals surface area contributed by atoms with Crippen LogP contribution in [0.4, 0.5) is 0 Å². The topological polar surface area (TPSA) is 33.3 Å². The van der Waals surface area contributed by atoms with E-state index >= 15 is 0 Å². The van der Waals surface area contributed by atoms with Gasteiger partial charge in [0.15, 0.2) is 0 Å². The number of rotatable bonds is 5. The molecule has 1 aliphatic carbocycles. The first-order valence-electron chi connectivity index (χ1n) is 6.67. The number of ether oxygens (including phenoxy) is 1. The molecule has 0 radical (unpaired) electrons. The summed E-state index contributed by atoms with van der Waals surface area (Å²) < 4.78 is 5.42. The Morgan fingerprint density at radius 1 is 1.31 bits per heavy atom. The normalized spacial score (nSPS) is 33.4. The highest BCUT2D eigenvalue weighted by Crippen LogP contribution is 2.31. The van der Waals surface area contributed by atoms with Crippen LogP contribution in [0.5, 0.6) is 0 Å². The van der Waals surface area contributed by atoms with Crippen LogP contribution in [0.3, 0.4) is 0 Å². The third kappa shape index (κ3) is 2.96. The van der Waals surface area contributed by atoms with Gasteiger partial charge in [0.1, 0.15) is 0 Å². The Hall–Kier alpha value is -0.120. The number of nitrogens with one attached hydrogen (secondary N) is 2. The summed E-state index contributed by atoms with van der Waals surface area (Å²) in [6.45, 7) is 6.68. The molecule has 0 spiro atoms. The first kappa shape index (κ1) is 12.3. The van der Waals surface area contributed by atoms with Gasteiger partial charge in [-0.05, 0) is 44.7 Å². The van der Waals surface area contributed by atoms with E-state index in [1.54, 1.807) is 0 Å². The van der Waals surface area contributed by atoms with Crippen molar-refractivity contribution in [3.8, 4) is 0 Å². The SMILES string of the molecule is COCC1(CNC2CC(C)C2)CCNCC1. The van der Waals surface area contributed by atoms with Gasteiger partial charge < -0.3 is 15.4 Å². The summed E-state index contributed by atoms with van der Waals surface area (Å²) >= 11 is 0. The maximum absolute atomic E-state index is 5.42. The van der Waals surface area contributed by atoms with Crippen LogP contribution >= 0.6 is 0 Å². The third-order valence-corrected chi connectivity index (χ3v) is 4.25. The van der Waals surface area contributed by atoms with Crippen LogP contribution in [0.15, 0.2) is 0 Å². The van der Waals surface area contributed by atoms with Crippen LogP contribution in [-0.4, -0.2) is 39.4 Å². The van der Waals surface area contributed by atoms with Gasteiger partial charge in [-0.2, -0.15) is 0 Å². The highest BCUT2D eigenvalue weighted by Gasteiger charge is 2.34. The highest BCUT2D eigenvalue weighted by atomic mass is 16.5. The van der Waals surface area contributed by atoms with Gasteiger partial charge in [0.25, 0.3) is 0 Å². The van der Waals surface area contributed by atoms with Crippen molar-refractivity contribution in [2.24, 2.45) is 11.3 Å². The lowest BCUT2D eigenvalue weighted by Crippen LogP contribution is -2.50. The van der Waals surface area contributed by atoms with Crippen molar-refractivity contribution < 1.29 is 4.74 Å². The number of piperidine rings is 1. The molecule has 94 valence electrons. The average molecular weight is 226 g/mol. The first-order valence-corrected chi connectivity index (χ1v) is 6.67. The Morgan fingerprint density at radius 2 is 2.00 bits per heavy atom. The molecule has 16 heavy (non-hydrogen) atoms. The molecule has 3 heteroatoms. The fourth-order valence-electron chi connectivity index (χ4n) is 3.07. The Kier molecular flexibility index (Phi) is 4.22. The molecule has 0 unspecified atom stereocenters. The molecule has 1 saturated heterocycles. The molecule has 3 nitrogen and oxygen atoms in total. The van der Waals surface area contributed by atoms with Gasteiger partial charge in [-0.15, -0.1) is 0 Å². The van der Waals surface area contributed by atoms with Crippen LogP contribution < -0.4 is 10.6 Å². The minimum Gasteiger partial charge on any atom is -0.384 e. The Bertz CT molecular complexity index is 202. The van der Waals surface area contributed by atoms with Crippen molar-refractivity contribution in [3.63, 3.8) is 0 Å². The van der Waals surface area contributed by atoms with Crippen molar-refractivity contribution in [1.82, 2.24) is 10.6 Å². The van der Waals surface area contributed by atoms with E-state index in [-0.39, 0.29) is 0 Å². The molecule has 0 aromatic carbocycles. The summed E-state index contributed by atoms with van der Waals surface area (Å²) in [5, 5.41) is 7.17. The summed E-state index contributed by atoms with van der Waals surface area (Å²) in [4.78, 5) is 0. The van der Waals surface area contributed by atoms with Crippen LogP contribution in [0.2, 0.25) is 0 Å². The fourth-order valence-corrected chi connectivity index (χ4v) is 3.07. The molecule has 0 atom stereocenters. The van der Waals surface area contributed by atoms with E-state index in [9.17, 15) is 0 Å². The molecular weight excluding hydrogens is 200 g/mol. The average Bonchev–Trinajstić information content (AvgIpc) is 2.25. The van der Waals surface area contributed by atoms with Crippen molar-refractivity contribution in [3.05, 3.63) is 0 Å². The highest BCUT2D eigenvalue weighted by molar-refractivity contribution is 4.90. The third-order valence-electron chi connectivity index (χ3n) is 4.25. The molecule has 1 heterocycles. The zero-order valence-electron chi connectivity index (χ0n) is 10.7. The Balaban J connectivity index is 1.77. The maximum atomic E-state index is 5.42. The van der Waals surface area contributed by atoms with Crippen molar-refractivity contribution in [2.45, 2.75) is 38.6 Å². The molecule has 2 fully saturated rings. The lowest BCUT2D eigenvalue weighted by molar-refractivity contribution is 0.0467. The van der Waals surface area contributed by atoms with Gasteiger partial charge in [-0.3, -0.25) is 0 Å². The molecule has 2 aliphatic rings. The maximum Gasteiger partial charge on any atom is 0.0531 e. The molecule has 1 aliphatic heterocycles. The predicted octanol–water partition coefficient (Wildman–Crippen LogP) is 1.39. The van der Waals surface area contributed by atoms with E-state index in [1.165, 1.54) is 25.7 Å². The van der Waals surface area contributed by atoms with E-state index in [0.29, 0.717) is 5.41 Å². The van der Waals surface area contributed by atoms with Crippen molar-refractivity contribution in [1.29, 1.82) is 0 Å². The number of methoxy groups -OCH3 is 1. The summed E-state index contributed by atoms with van der Waals surface area (Å²) in [6, 6.07) is 0.776. The molecule has 0 bridgehead atoms. The lowest BCUT2D eigenvalue weighted by atomic mass is 9.77. The first-order chi connectivity index (χ1) is 7.74. The van der Waals surface area contributed by atoms with Gasteiger partial charge in [0, 0.05) is 25.1 Å². The summed E-state index contributed by atoms with van der Waals surface area (Å²) in [7, 11) is 1.83. The van der Waals surface area contributed by atoms with Gasteiger partial charge in [-0.25, -0.2) is 0 Å². The summed E-state index contributed by atoms with van der Waals surface area (Å²) in [5.41, 5.74) is 0.388. The van der Waals surface area contributed by atoms with E-state index in [2.05, 4.69) is 17.6 Å². The van der Waals surface area contributed by atoms with E-state index in [0.717, 1.165) is 38.2 Å². The van der Waals surface area contributed by atoms with Gasteiger partial charge >= 0.3 is 0 Å². The zero-order chi connectivity index (χ0) is 11.4. The van der Waals surface area contributed by atoms with E-state index < -0.39 is 0 Å². The number of hydrogen-bond acceptors (Lipinski definition) is 3. The van der Waals surface area contributed by atoms with Crippen LogP contribution in [0, 0.1) is 11.3 Å². The summed E-state index contributed by atoms with van der Waals surface area (Å²) in [5.74, 6) is 0.934. The fraction of sp³-hybridized carbons (Fsp3) is 1.00. The van der Waals surface area contributed by atoms with E-state index in [4.69, 9.17) is 4.74 Å². The molecule has 0 aromatic rings. The second-order valence-corrected chi connectivity index (χ2v) is 5.84. The molecule has 1 saturated carbocycles. The van der Waals surface area contributed by atoms with Crippen LogP contribution in [-0.2, 0) is 4.74 Å². The Morgan fingerprint density at radius 3 is 2.56 bits per heavy atom. The minimum atomic E-state index is 0.388.